The minimum Gasteiger partial charge on any atom is -0.386 e. The molecule has 0 rings (SSSR count). The molecular weight excluding hydrogens is 166 g/mol. The van der Waals surface area contributed by atoms with Crippen molar-refractivity contribution in [1.82, 2.24) is 5.32 Å². The first-order valence-electron chi connectivity index (χ1n) is 4.79. The molecular formula is C10H23NO2. The number of methoxy groups -OCH3 is 1. The van der Waals surface area contributed by atoms with Crippen molar-refractivity contribution in [2.45, 2.75) is 45.3 Å². The van der Waals surface area contributed by atoms with E-state index in [2.05, 4.69) is 26.1 Å². The van der Waals surface area contributed by atoms with E-state index in [1.54, 1.807) is 7.11 Å². The van der Waals surface area contributed by atoms with E-state index in [9.17, 15) is 5.11 Å². The predicted octanol–water partition coefficient (Wildman–Crippen LogP) is 1.16. The van der Waals surface area contributed by atoms with E-state index < -0.39 is 5.60 Å². The highest BCUT2D eigenvalue weighted by molar-refractivity contribution is 4.83. The molecule has 0 aliphatic heterocycles. The molecule has 0 saturated carbocycles. The first-order chi connectivity index (χ1) is 5.83. The molecule has 0 radical (unpaired) electrons. The highest BCUT2D eigenvalue weighted by Crippen LogP contribution is 2.11. The lowest BCUT2D eigenvalue weighted by molar-refractivity contribution is -0.0357. The first kappa shape index (κ1) is 12.9. The molecule has 0 heterocycles. The quantitative estimate of drug-likeness (QED) is 0.682. The number of hydrogen-bond donors (Lipinski definition) is 2. The molecule has 3 heteroatoms. The SMILES string of the molecule is CCC(O)(CNC(C)(C)C)COC. The number of nitrogens with one attached hydrogen (secondary N) is 1. The Morgan fingerprint density at radius 1 is 1.31 bits per heavy atom. The smallest absolute Gasteiger partial charge is 0.100 e. The predicted molar refractivity (Wildman–Crippen MR) is 54.9 cm³/mol. The summed E-state index contributed by atoms with van der Waals surface area (Å²) in [4.78, 5) is 0. The molecule has 1 atom stereocenters. The van der Waals surface area contributed by atoms with Crippen LogP contribution in [0.25, 0.3) is 0 Å². The van der Waals surface area contributed by atoms with E-state index in [1.807, 2.05) is 6.92 Å². The summed E-state index contributed by atoms with van der Waals surface area (Å²) in [5, 5.41) is 13.3. The maximum Gasteiger partial charge on any atom is 0.100 e. The Morgan fingerprint density at radius 3 is 2.15 bits per heavy atom. The summed E-state index contributed by atoms with van der Waals surface area (Å²) in [6.45, 7) is 9.15. The fourth-order valence-electron chi connectivity index (χ4n) is 0.976. The topological polar surface area (TPSA) is 41.5 Å². The molecule has 0 saturated heterocycles. The minimum atomic E-state index is -0.734. The van der Waals surface area contributed by atoms with Gasteiger partial charge >= 0.3 is 0 Å². The van der Waals surface area contributed by atoms with Crippen LogP contribution in [0.4, 0.5) is 0 Å². The lowest BCUT2D eigenvalue weighted by Crippen LogP contribution is -2.49. The Hall–Kier alpha value is -0.120. The van der Waals surface area contributed by atoms with E-state index in [-0.39, 0.29) is 5.54 Å². The van der Waals surface area contributed by atoms with Gasteiger partial charge in [0.2, 0.25) is 0 Å². The standard InChI is InChI=1S/C10H23NO2/c1-6-10(12,8-13-5)7-11-9(2,3)4/h11-12H,6-8H2,1-5H3. The van der Waals surface area contributed by atoms with E-state index in [4.69, 9.17) is 4.74 Å². The summed E-state index contributed by atoms with van der Waals surface area (Å²) in [6.07, 6.45) is 0.698. The summed E-state index contributed by atoms with van der Waals surface area (Å²) < 4.78 is 4.97. The van der Waals surface area contributed by atoms with E-state index >= 15 is 0 Å². The van der Waals surface area contributed by atoms with Gasteiger partial charge in [-0.25, -0.2) is 0 Å². The van der Waals surface area contributed by atoms with Gasteiger partial charge in [0.1, 0.15) is 5.60 Å². The van der Waals surface area contributed by atoms with Crippen LogP contribution in [-0.2, 0) is 4.74 Å². The number of ether oxygens (including phenoxy) is 1. The van der Waals surface area contributed by atoms with Gasteiger partial charge in [-0.05, 0) is 27.2 Å². The Balaban J connectivity index is 3.97. The molecule has 3 nitrogen and oxygen atoms in total. The second kappa shape index (κ2) is 4.94. The Bertz CT molecular complexity index is 142. The molecule has 0 aliphatic rings. The summed E-state index contributed by atoms with van der Waals surface area (Å²) in [7, 11) is 1.61. The fraction of sp³-hybridized carbons (Fsp3) is 1.00. The van der Waals surface area contributed by atoms with Crippen LogP contribution in [0.5, 0.6) is 0 Å². The van der Waals surface area contributed by atoms with Gasteiger partial charge in [0.05, 0.1) is 6.61 Å². The molecule has 0 aromatic rings. The molecule has 0 aliphatic carbocycles. The molecule has 0 aromatic carbocycles. The molecule has 80 valence electrons. The Labute approximate surface area is 81.5 Å². The summed E-state index contributed by atoms with van der Waals surface area (Å²) in [5.74, 6) is 0. The molecule has 2 N–H and O–H groups in total. The average molecular weight is 189 g/mol. The zero-order chi connectivity index (χ0) is 10.5. The second-order valence-corrected chi connectivity index (χ2v) is 4.61. The van der Waals surface area contributed by atoms with Crippen molar-refractivity contribution in [2.24, 2.45) is 0 Å². The van der Waals surface area contributed by atoms with Gasteiger partial charge in [-0.3, -0.25) is 0 Å². The van der Waals surface area contributed by atoms with Crippen LogP contribution in [0.15, 0.2) is 0 Å². The van der Waals surface area contributed by atoms with Crippen molar-refractivity contribution in [3.8, 4) is 0 Å². The maximum atomic E-state index is 10.00. The molecule has 13 heavy (non-hydrogen) atoms. The zero-order valence-corrected chi connectivity index (χ0v) is 9.48. The minimum absolute atomic E-state index is 0.0386. The first-order valence-corrected chi connectivity index (χ1v) is 4.79. The molecule has 0 spiro atoms. The van der Waals surface area contributed by atoms with E-state index in [0.29, 0.717) is 19.6 Å². The lowest BCUT2D eigenvalue weighted by atomic mass is 10.00. The molecule has 0 bridgehead atoms. The van der Waals surface area contributed by atoms with Crippen molar-refractivity contribution in [3.63, 3.8) is 0 Å². The highest BCUT2D eigenvalue weighted by atomic mass is 16.5. The van der Waals surface area contributed by atoms with Gasteiger partial charge < -0.3 is 15.2 Å². The van der Waals surface area contributed by atoms with Crippen LogP contribution < -0.4 is 5.32 Å². The Morgan fingerprint density at radius 2 is 1.85 bits per heavy atom. The summed E-state index contributed by atoms with van der Waals surface area (Å²) >= 11 is 0. The van der Waals surface area contributed by atoms with Gasteiger partial charge in [-0.15, -0.1) is 0 Å². The highest BCUT2D eigenvalue weighted by Gasteiger charge is 2.26. The second-order valence-electron chi connectivity index (χ2n) is 4.61. The number of rotatable bonds is 5. The third-order valence-corrected chi connectivity index (χ3v) is 2.02. The zero-order valence-electron chi connectivity index (χ0n) is 9.48. The molecule has 1 unspecified atom stereocenters. The number of hydrogen-bond acceptors (Lipinski definition) is 3. The Kier molecular flexibility index (Phi) is 4.89. The van der Waals surface area contributed by atoms with Crippen LogP contribution in [0.3, 0.4) is 0 Å². The molecule has 0 aromatic heterocycles. The van der Waals surface area contributed by atoms with Gasteiger partial charge in [-0.1, -0.05) is 6.92 Å². The van der Waals surface area contributed by atoms with Crippen LogP contribution in [0.1, 0.15) is 34.1 Å². The maximum absolute atomic E-state index is 10.00. The van der Waals surface area contributed by atoms with Gasteiger partial charge in [-0.2, -0.15) is 0 Å². The van der Waals surface area contributed by atoms with Crippen LogP contribution >= 0.6 is 0 Å². The van der Waals surface area contributed by atoms with Crippen molar-refractivity contribution in [2.75, 3.05) is 20.3 Å². The monoisotopic (exact) mass is 189 g/mol. The summed E-state index contributed by atoms with van der Waals surface area (Å²) in [6, 6.07) is 0. The van der Waals surface area contributed by atoms with Crippen LogP contribution in [0, 0.1) is 0 Å². The fourth-order valence-corrected chi connectivity index (χ4v) is 0.976. The molecule has 0 fully saturated rings. The third-order valence-electron chi connectivity index (χ3n) is 2.02. The van der Waals surface area contributed by atoms with E-state index in [1.165, 1.54) is 0 Å². The van der Waals surface area contributed by atoms with Crippen LogP contribution in [-0.4, -0.2) is 36.5 Å². The number of β-amino-alcohol motifs (C(OH)–C–C–N with tert-alkyl or cyclic N) is 1. The van der Waals surface area contributed by atoms with Crippen molar-refractivity contribution in [1.29, 1.82) is 0 Å². The largest absolute Gasteiger partial charge is 0.386 e. The third kappa shape index (κ3) is 6.02. The average Bonchev–Trinajstić information content (AvgIpc) is 2.01. The van der Waals surface area contributed by atoms with Crippen LogP contribution in [0.2, 0.25) is 0 Å². The van der Waals surface area contributed by atoms with Crippen molar-refractivity contribution in [3.05, 3.63) is 0 Å². The van der Waals surface area contributed by atoms with Gasteiger partial charge in [0, 0.05) is 19.2 Å². The normalized spacial score (nSPS) is 17.1. The molecule has 0 amide bonds. The van der Waals surface area contributed by atoms with Crippen molar-refractivity contribution >= 4 is 0 Å². The van der Waals surface area contributed by atoms with Gasteiger partial charge in [0.25, 0.3) is 0 Å². The van der Waals surface area contributed by atoms with Gasteiger partial charge in [0.15, 0.2) is 0 Å². The van der Waals surface area contributed by atoms with Crippen molar-refractivity contribution < 1.29 is 9.84 Å². The van der Waals surface area contributed by atoms with E-state index in [0.717, 1.165) is 0 Å². The number of aliphatic hydroxyl groups is 1. The lowest BCUT2D eigenvalue weighted by Gasteiger charge is -2.31. The summed E-state index contributed by atoms with van der Waals surface area (Å²) in [5.41, 5.74) is -0.696.